The van der Waals surface area contributed by atoms with Gasteiger partial charge in [-0.1, -0.05) is 30.3 Å². The monoisotopic (exact) mass is 335 g/mol. The lowest BCUT2D eigenvalue weighted by Gasteiger charge is -2.12. The van der Waals surface area contributed by atoms with Crippen molar-refractivity contribution in [1.29, 1.82) is 0 Å². The Morgan fingerprint density at radius 3 is 2.22 bits per heavy atom. The Morgan fingerprint density at radius 1 is 1.09 bits per heavy atom. The summed E-state index contributed by atoms with van der Waals surface area (Å²) in [5.74, 6) is -0.831. The average molecular weight is 335 g/mol. The van der Waals surface area contributed by atoms with Gasteiger partial charge in [-0.2, -0.15) is 0 Å². The molecular formula is C17H18FNO3S. The van der Waals surface area contributed by atoms with Gasteiger partial charge in [-0.25, -0.2) is 12.8 Å². The standard InChI is InChI=1S/C17H18FNO3S/c18-13-8-6-12(7-9-13)15-16(17(15,10-19)11-20)23(21,22)14-4-2-1-3-5-14/h1-9,15-16,20H,10-11,19H2/t15-,16-,17-/m0/s1. The first kappa shape index (κ1) is 16.1. The summed E-state index contributed by atoms with van der Waals surface area (Å²) in [7, 11) is -3.64. The van der Waals surface area contributed by atoms with Crippen LogP contribution in [0.4, 0.5) is 4.39 Å². The van der Waals surface area contributed by atoms with Crippen molar-refractivity contribution in [2.75, 3.05) is 13.2 Å². The van der Waals surface area contributed by atoms with Gasteiger partial charge in [-0.15, -0.1) is 0 Å². The molecule has 3 N–H and O–H groups in total. The molecule has 2 aromatic rings. The average Bonchev–Trinajstić information content (AvgIpc) is 3.27. The molecular weight excluding hydrogens is 317 g/mol. The van der Waals surface area contributed by atoms with Gasteiger partial charge in [-0.3, -0.25) is 0 Å². The van der Waals surface area contributed by atoms with Gasteiger partial charge in [-0.05, 0) is 29.8 Å². The molecule has 122 valence electrons. The molecule has 0 unspecified atom stereocenters. The Balaban J connectivity index is 2.05. The fourth-order valence-electron chi connectivity index (χ4n) is 3.37. The van der Waals surface area contributed by atoms with E-state index in [-0.39, 0.29) is 23.9 Å². The van der Waals surface area contributed by atoms with E-state index in [2.05, 4.69) is 0 Å². The molecule has 0 spiro atoms. The lowest BCUT2D eigenvalue weighted by Crippen LogP contribution is -2.27. The minimum atomic E-state index is -3.64. The van der Waals surface area contributed by atoms with Crippen LogP contribution in [0.3, 0.4) is 0 Å². The Bertz CT molecular complexity index is 786. The minimum absolute atomic E-state index is 0.0439. The summed E-state index contributed by atoms with van der Waals surface area (Å²) in [6, 6.07) is 13.8. The largest absolute Gasteiger partial charge is 0.396 e. The molecule has 3 atom stereocenters. The van der Waals surface area contributed by atoms with Crippen molar-refractivity contribution in [3.8, 4) is 0 Å². The third kappa shape index (κ3) is 2.47. The van der Waals surface area contributed by atoms with E-state index in [1.807, 2.05) is 0 Å². The van der Waals surface area contributed by atoms with Gasteiger partial charge in [0.05, 0.1) is 16.8 Å². The van der Waals surface area contributed by atoms with Crippen LogP contribution in [0.1, 0.15) is 11.5 Å². The zero-order valence-electron chi connectivity index (χ0n) is 12.4. The molecule has 0 aromatic heterocycles. The maximum absolute atomic E-state index is 13.1. The predicted molar refractivity (Wildman–Crippen MR) is 85.1 cm³/mol. The van der Waals surface area contributed by atoms with Crippen molar-refractivity contribution in [2.24, 2.45) is 11.1 Å². The van der Waals surface area contributed by atoms with Gasteiger partial charge in [0.15, 0.2) is 9.84 Å². The Labute approximate surface area is 134 Å². The second-order valence-electron chi connectivity index (χ2n) is 5.90. The second kappa shape index (κ2) is 5.70. The quantitative estimate of drug-likeness (QED) is 0.871. The van der Waals surface area contributed by atoms with Crippen LogP contribution in [0, 0.1) is 11.2 Å². The van der Waals surface area contributed by atoms with Crippen molar-refractivity contribution in [2.45, 2.75) is 16.1 Å². The fraction of sp³-hybridized carbons (Fsp3) is 0.294. The van der Waals surface area contributed by atoms with Crippen LogP contribution in [0.2, 0.25) is 0 Å². The third-order valence-electron chi connectivity index (χ3n) is 4.69. The first-order valence-corrected chi connectivity index (χ1v) is 8.87. The van der Waals surface area contributed by atoms with E-state index in [1.165, 1.54) is 24.3 Å². The van der Waals surface area contributed by atoms with E-state index in [0.717, 1.165) is 0 Å². The molecule has 4 nitrogen and oxygen atoms in total. The van der Waals surface area contributed by atoms with Crippen molar-refractivity contribution < 1.29 is 17.9 Å². The third-order valence-corrected chi connectivity index (χ3v) is 7.03. The molecule has 1 aliphatic rings. The molecule has 6 heteroatoms. The van der Waals surface area contributed by atoms with Crippen LogP contribution in [0.5, 0.6) is 0 Å². The van der Waals surface area contributed by atoms with E-state index in [1.54, 1.807) is 30.3 Å². The Morgan fingerprint density at radius 2 is 1.70 bits per heavy atom. The predicted octanol–water partition coefficient (Wildman–Crippen LogP) is 1.70. The highest BCUT2D eigenvalue weighted by molar-refractivity contribution is 7.92. The summed E-state index contributed by atoms with van der Waals surface area (Å²) in [6.07, 6.45) is 0. The molecule has 0 amide bonds. The minimum Gasteiger partial charge on any atom is -0.396 e. The summed E-state index contributed by atoms with van der Waals surface area (Å²) in [5, 5.41) is 9.00. The number of halogens is 1. The van der Waals surface area contributed by atoms with Gasteiger partial charge in [0, 0.05) is 17.9 Å². The van der Waals surface area contributed by atoms with Crippen molar-refractivity contribution in [1.82, 2.24) is 0 Å². The summed E-state index contributed by atoms with van der Waals surface area (Å²) >= 11 is 0. The van der Waals surface area contributed by atoms with Crippen LogP contribution in [-0.2, 0) is 9.84 Å². The lowest BCUT2D eigenvalue weighted by atomic mass is 10.0. The Hall–Kier alpha value is -1.76. The van der Waals surface area contributed by atoms with E-state index in [0.29, 0.717) is 5.56 Å². The highest BCUT2D eigenvalue weighted by Gasteiger charge is 2.70. The normalized spacial score (nSPS) is 26.9. The smallest absolute Gasteiger partial charge is 0.182 e. The van der Waals surface area contributed by atoms with Gasteiger partial charge >= 0.3 is 0 Å². The molecule has 0 heterocycles. The maximum Gasteiger partial charge on any atom is 0.182 e. The molecule has 1 aliphatic carbocycles. The van der Waals surface area contributed by atoms with Crippen molar-refractivity contribution in [3.05, 3.63) is 66.0 Å². The highest BCUT2D eigenvalue weighted by Crippen LogP contribution is 2.63. The highest BCUT2D eigenvalue weighted by atomic mass is 32.2. The molecule has 0 saturated heterocycles. The van der Waals surface area contributed by atoms with Gasteiger partial charge in [0.1, 0.15) is 5.82 Å². The SMILES string of the molecule is NC[C@]1(CO)[C@@H](c2ccc(F)cc2)[C@@H]1S(=O)(=O)c1ccccc1. The Kier molecular flexibility index (Phi) is 4.00. The molecule has 1 fully saturated rings. The molecule has 23 heavy (non-hydrogen) atoms. The van der Waals surface area contributed by atoms with Gasteiger partial charge in [0.2, 0.25) is 0 Å². The zero-order valence-corrected chi connectivity index (χ0v) is 13.2. The summed E-state index contributed by atoms with van der Waals surface area (Å²) in [6.45, 7) is -0.287. The van der Waals surface area contributed by atoms with E-state index in [4.69, 9.17) is 5.73 Å². The van der Waals surface area contributed by atoms with Crippen LogP contribution in [0.15, 0.2) is 59.5 Å². The summed E-state index contributed by atoms with van der Waals surface area (Å²) in [5.41, 5.74) is 5.56. The number of benzene rings is 2. The van der Waals surface area contributed by atoms with Crippen LogP contribution >= 0.6 is 0 Å². The first-order valence-electron chi connectivity index (χ1n) is 7.33. The van der Waals surface area contributed by atoms with E-state index < -0.39 is 26.4 Å². The summed E-state index contributed by atoms with van der Waals surface area (Å²) < 4.78 is 39.0. The van der Waals surface area contributed by atoms with Gasteiger partial charge in [0.25, 0.3) is 0 Å². The fourth-order valence-corrected chi connectivity index (χ4v) is 5.84. The van der Waals surface area contributed by atoms with E-state index in [9.17, 15) is 17.9 Å². The van der Waals surface area contributed by atoms with Crippen molar-refractivity contribution >= 4 is 9.84 Å². The molecule has 1 saturated carbocycles. The number of hydrogen-bond donors (Lipinski definition) is 2. The molecule has 0 radical (unpaired) electrons. The number of hydrogen-bond acceptors (Lipinski definition) is 4. The molecule has 0 aliphatic heterocycles. The number of nitrogens with two attached hydrogens (primary N) is 1. The number of aliphatic hydroxyl groups is 1. The number of rotatable bonds is 5. The van der Waals surface area contributed by atoms with Crippen LogP contribution < -0.4 is 5.73 Å². The van der Waals surface area contributed by atoms with Crippen molar-refractivity contribution in [3.63, 3.8) is 0 Å². The topological polar surface area (TPSA) is 80.4 Å². The molecule has 2 aromatic carbocycles. The van der Waals surface area contributed by atoms with E-state index >= 15 is 0 Å². The number of sulfone groups is 1. The van der Waals surface area contributed by atoms with Gasteiger partial charge < -0.3 is 10.8 Å². The molecule has 3 rings (SSSR count). The first-order chi connectivity index (χ1) is 11.0. The summed E-state index contributed by atoms with van der Waals surface area (Å²) in [4.78, 5) is 0.209. The maximum atomic E-state index is 13.1. The van der Waals surface area contributed by atoms with Crippen LogP contribution in [0.25, 0.3) is 0 Å². The zero-order chi connectivity index (χ0) is 16.7. The number of aliphatic hydroxyl groups excluding tert-OH is 1. The second-order valence-corrected chi connectivity index (χ2v) is 7.97. The molecule has 0 bridgehead atoms. The van der Waals surface area contributed by atoms with Crippen LogP contribution in [-0.4, -0.2) is 31.9 Å². The lowest BCUT2D eigenvalue weighted by molar-refractivity contribution is 0.212.